The Hall–Kier alpha value is -1.57. The first-order chi connectivity index (χ1) is 8.26. The van der Waals surface area contributed by atoms with Crippen LogP contribution in [0.25, 0.3) is 11.0 Å². The van der Waals surface area contributed by atoms with Gasteiger partial charge in [-0.15, -0.1) is 0 Å². The van der Waals surface area contributed by atoms with E-state index in [1.54, 1.807) is 0 Å². The topological polar surface area (TPSA) is 17.8 Å². The third kappa shape index (κ3) is 2.41. The maximum absolute atomic E-state index is 4.71. The van der Waals surface area contributed by atoms with E-state index in [0.717, 1.165) is 31.3 Å². The lowest BCUT2D eigenvalue weighted by atomic mass is 10.2. The highest BCUT2D eigenvalue weighted by molar-refractivity contribution is 5.76. The average Bonchev–Trinajstić information content (AvgIpc) is 2.68. The number of nitrogens with zero attached hydrogens (tertiary/aromatic N) is 2. The number of aromatic nitrogens is 2. The van der Waals surface area contributed by atoms with Gasteiger partial charge in [-0.05, 0) is 25.0 Å². The highest BCUT2D eigenvalue weighted by Gasteiger charge is 2.09. The molecule has 1 aromatic carbocycles. The van der Waals surface area contributed by atoms with Gasteiger partial charge in [-0.3, -0.25) is 0 Å². The molecule has 0 bridgehead atoms. The normalized spacial score (nSPS) is 10.9. The second-order valence-electron chi connectivity index (χ2n) is 4.46. The van der Waals surface area contributed by atoms with E-state index in [9.17, 15) is 0 Å². The molecule has 2 aromatic rings. The third-order valence-corrected chi connectivity index (χ3v) is 3.09. The van der Waals surface area contributed by atoms with Crippen molar-refractivity contribution in [3.63, 3.8) is 0 Å². The molecule has 0 saturated carbocycles. The summed E-state index contributed by atoms with van der Waals surface area (Å²) in [6.07, 6.45) is 3.19. The molecule has 0 saturated heterocycles. The number of imidazole rings is 1. The minimum absolute atomic E-state index is 0.895. The Kier molecular flexibility index (Phi) is 3.62. The third-order valence-electron chi connectivity index (χ3n) is 3.09. The van der Waals surface area contributed by atoms with Crippen LogP contribution in [0.4, 0.5) is 0 Å². The van der Waals surface area contributed by atoms with Crippen molar-refractivity contribution < 1.29 is 0 Å². The molecule has 0 N–H and O–H groups in total. The van der Waals surface area contributed by atoms with Crippen LogP contribution >= 0.6 is 0 Å². The Morgan fingerprint density at radius 1 is 1.29 bits per heavy atom. The van der Waals surface area contributed by atoms with Crippen LogP contribution in [0.2, 0.25) is 0 Å². The molecule has 0 radical (unpaired) electrons. The lowest BCUT2D eigenvalue weighted by molar-refractivity contribution is 0.702. The molecule has 1 aromatic heterocycles. The van der Waals surface area contributed by atoms with Gasteiger partial charge in [-0.25, -0.2) is 4.98 Å². The molecule has 0 amide bonds. The zero-order valence-corrected chi connectivity index (χ0v) is 10.7. The van der Waals surface area contributed by atoms with Gasteiger partial charge in [0.1, 0.15) is 5.82 Å². The standard InChI is InChI=1S/C15H20N2/c1-4-8-15-16-13-9-6-7-10-14(13)17(15)11-12(3)5-2/h6-7,9-10H,3-5,8,11H2,1-2H3. The van der Waals surface area contributed by atoms with Crippen LogP contribution in [0.5, 0.6) is 0 Å². The van der Waals surface area contributed by atoms with Crippen LogP contribution in [-0.4, -0.2) is 9.55 Å². The molecule has 0 spiro atoms. The SMILES string of the molecule is C=C(CC)Cn1c(CCC)nc2ccccc21. The van der Waals surface area contributed by atoms with Crippen molar-refractivity contribution in [1.82, 2.24) is 9.55 Å². The summed E-state index contributed by atoms with van der Waals surface area (Å²) in [5, 5.41) is 0. The fourth-order valence-corrected chi connectivity index (χ4v) is 2.05. The van der Waals surface area contributed by atoms with Gasteiger partial charge >= 0.3 is 0 Å². The maximum atomic E-state index is 4.71. The first-order valence-electron chi connectivity index (χ1n) is 6.37. The van der Waals surface area contributed by atoms with E-state index < -0.39 is 0 Å². The summed E-state index contributed by atoms with van der Waals surface area (Å²) in [4.78, 5) is 4.71. The van der Waals surface area contributed by atoms with Gasteiger partial charge in [-0.2, -0.15) is 0 Å². The summed E-state index contributed by atoms with van der Waals surface area (Å²) in [6.45, 7) is 9.35. The van der Waals surface area contributed by atoms with Crippen LogP contribution in [0.1, 0.15) is 32.5 Å². The Bertz CT molecular complexity index is 523. The molecule has 0 fully saturated rings. The quantitative estimate of drug-likeness (QED) is 0.708. The summed E-state index contributed by atoms with van der Waals surface area (Å²) in [6, 6.07) is 8.35. The Morgan fingerprint density at radius 3 is 2.76 bits per heavy atom. The van der Waals surface area contributed by atoms with Gasteiger partial charge in [-0.1, -0.05) is 38.1 Å². The largest absolute Gasteiger partial charge is 0.324 e. The molecule has 2 heteroatoms. The predicted octanol–water partition coefficient (Wildman–Crippen LogP) is 3.96. The lowest BCUT2D eigenvalue weighted by Crippen LogP contribution is -2.05. The highest BCUT2D eigenvalue weighted by Crippen LogP contribution is 2.19. The van der Waals surface area contributed by atoms with Gasteiger partial charge in [0.05, 0.1) is 11.0 Å². The number of hydrogen-bond donors (Lipinski definition) is 0. The van der Waals surface area contributed by atoms with Crippen LogP contribution in [-0.2, 0) is 13.0 Å². The molecule has 17 heavy (non-hydrogen) atoms. The molecule has 90 valence electrons. The second kappa shape index (κ2) is 5.17. The second-order valence-corrected chi connectivity index (χ2v) is 4.46. The van der Waals surface area contributed by atoms with E-state index in [2.05, 4.69) is 43.2 Å². The zero-order chi connectivity index (χ0) is 12.3. The molecular formula is C15H20N2. The monoisotopic (exact) mass is 228 g/mol. The van der Waals surface area contributed by atoms with Gasteiger partial charge in [0.15, 0.2) is 0 Å². The first-order valence-corrected chi connectivity index (χ1v) is 6.37. The van der Waals surface area contributed by atoms with Gasteiger partial charge < -0.3 is 4.57 Å². The molecular weight excluding hydrogens is 208 g/mol. The molecule has 0 unspecified atom stereocenters. The van der Waals surface area contributed by atoms with Gasteiger partial charge in [0.2, 0.25) is 0 Å². The molecule has 2 nitrogen and oxygen atoms in total. The van der Waals surface area contributed by atoms with E-state index >= 15 is 0 Å². The highest BCUT2D eigenvalue weighted by atomic mass is 15.1. The van der Waals surface area contributed by atoms with E-state index in [1.165, 1.54) is 16.9 Å². The molecule has 0 aliphatic rings. The van der Waals surface area contributed by atoms with Crippen molar-refractivity contribution in [2.45, 2.75) is 39.7 Å². The lowest BCUT2D eigenvalue weighted by Gasteiger charge is -2.09. The number of benzene rings is 1. The molecule has 0 aliphatic carbocycles. The average molecular weight is 228 g/mol. The van der Waals surface area contributed by atoms with E-state index in [0.29, 0.717) is 0 Å². The summed E-state index contributed by atoms with van der Waals surface area (Å²) in [7, 11) is 0. The Labute approximate surface area is 103 Å². The summed E-state index contributed by atoms with van der Waals surface area (Å²) >= 11 is 0. The van der Waals surface area contributed by atoms with E-state index in [4.69, 9.17) is 4.98 Å². The molecule has 2 rings (SSSR count). The Balaban J connectivity index is 2.47. The number of fused-ring (bicyclic) bond motifs is 1. The molecule has 1 heterocycles. The molecule has 0 atom stereocenters. The van der Waals surface area contributed by atoms with Crippen LogP contribution < -0.4 is 0 Å². The zero-order valence-electron chi connectivity index (χ0n) is 10.7. The predicted molar refractivity (Wildman–Crippen MR) is 73.2 cm³/mol. The van der Waals surface area contributed by atoms with E-state index in [1.807, 2.05) is 6.07 Å². The number of hydrogen-bond acceptors (Lipinski definition) is 1. The van der Waals surface area contributed by atoms with Crippen LogP contribution in [0.3, 0.4) is 0 Å². The van der Waals surface area contributed by atoms with Crippen molar-refractivity contribution >= 4 is 11.0 Å². The fraction of sp³-hybridized carbons (Fsp3) is 0.400. The number of para-hydroxylation sites is 2. The fourth-order valence-electron chi connectivity index (χ4n) is 2.05. The van der Waals surface area contributed by atoms with Gasteiger partial charge in [0, 0.05) is 13.0 Å². The van der Waals surface area contributed by atoms with Crippen molar-refractivity contribution in [3.05, 3.63) is 42.2 Å². The van der Waals surface area contributed by atoms with E-state index in [-0.39, 0.29) is 0 Å². The van der Waals surface area contributed by atoms with Crippen LogP contribution in [0.15, 0.2) is 36.4 Å². The van der Waals surface area contributed by atoms with Crippen molar-refractivity contribution in [2.75, 3.05) is 0 Å². The van der Waals surface area contributed by atoms with Crippen molar-refractivity contribution in [2.24, 2.45) is 0 Å². The summed E-state index contributed by atoms with van der Waals surface area (Å²) < 4.78 is 2.31. The first kappa shape index (κ1) is 11.9. The smallest absolute Gasteiger partial charge is 0.110 e. The summed E-state index contributed by atoms with van der Waals surface area (Å²) in [5.41, 5.74) is 3.58. The Morgan fingerprint density at radius 2 is 2.06 bits per heavy atom. The number of aryl methyl sites for hydroxylation is 1. The van der Waals surface area contributed by atoms with Gasteiger partial charge in [0.25, 0.3) is 0 Å². The minimum Gasteiger partial charge on any atom is -0.324 e. The van der Waals surface area contributed by atoms with Crippen molar-refractivity contribution in [1.29, 1.82) is 0 Å². The number of rotatable bonds is 5. The molecule has 0 aliphatic heterocycles. The van der Waals surface area contributed by atoms with Crippen LogP contribution in [0, 0.1) is 0 Å². The summed E-state index contributed by atoms with van der Waals surface area (Å²) in [5.74, 6) is 1.18. The maximum Gasteiger partial charge on any atom is 0.110 e. The van der Waals surface area contributed by atoms with Crippen molar-refractivity contribution in [3.8, 4) is 0 Å². The number of allylic oxidation sites excluding steroid dienone is 1. The minimum atomic E-state index is 0.895.